The molecule has 0 aliphatic rings. The van der Waals surface area contributed by atoms with Gasteiger partial charge in [-0.25, -0.2) is 0 Å². The molecule has 28 heavy (non-hydrogen) atoms. The minimum Gasteiger partial charge on any atom is -0.328 e. The molecule has 1 unspecified atom stereocenters. The molecule has 0 aliphatic carbocycles. The van der Waals surface area contributed by atoms with Gasteiger partial charge in [-0.05, 0) is 13.3 Å². The van der Waals surface area contributed by atoms with Crippen molar-refractivity contribution in [1.29, 1.82) is 0 Å². The minimum absolute atomic E-state index is 0.398. The summed E-state index contributed by atoms with van der Waals surface area (Å²) < 4.78 is 0. The zero-order chi connectivity index (χ0) is 20.5. The Morgan fingerprint density at radius 2 is 0.607 bits per heavy atom. The van der Waals surface area contributed by atoms with Crippen molar-refractivity contribution in [3.63, 3.8) is 0 Å². The van der Waals surface area contributed by atoms with Gasteiger partial charge >= 0.3 is 0 Å². The fourth-order valence-corrected chi connectivity index (χ4v) is 4.25. The van der Waals surface area contributed by atoms with E-state index in [4.69, 9.17) is 5.73 Å². The van der Waals surface area contributed by atoms with Gasteiger partial charge in [-0.15, -0.1) is 0 Å². The summed E-state index contributed by atoms with van der Waals surface area (Å²) in [5.74, 6) is 0. The van der Waals surface area contributed by atoms with Crippen LogP contribution in [0.2, 0.25) is 0 Å². The van der Waals surface area contributed by atoms with Crippen LogP contribution in [-0.4, -0.2) is 6.04 Å². The standard InChI is InChI=1S/C27H57N/c1-3-4-5-6-7-8-9-10-11-12-13-14-15-16-17-18-19-20-21-22-23-24-25-26-27(2)28/h27H,3-26,28H2,1-2H3. The molecule has 1 heteroatoms. The molecule has 0 amide bonds. The molecule has 0 aromatic carbocycles. The predicted octanol–water partition coefficient (Wildman–Crippen LogP) is 9.72. The largest absolute Gasteiger partial charge is 0.328 e. The van der Waals surface area contributed by atoms with Crippen LogP contribution in [0.1, 0.15) is 168 Å². The quantitative estimate of drug-likeness (QED) is 0.162. The van der Waals surface area contributed by atoms with Crippen molar-refractivity contribution in [3.05, 3.63) is 0 Å². The van der Waals surface area contributed by atoms with Crippen molar-refractivity contribution >= 4 is 0 Å². The summed E-state index contributed by atoms with van der Waals surface area (Å²) in [5, 5.41) is 0. The Morgan fingerprint density at radius 3 is 0.821 bits per heavy atom. The first-order valence-corrected chi connectivity index (χ1v) is 13.5. The average Bonchev–Trinajstić information content (AvgIpc) is 2.68. The average molecular weight is 396 g/mol. The van der Waals surface area contributed by atoms with Crippen LogP contribution in [0.15, 0.2) is 0 Å². The van der Waals surface area contributed by atoms with Gasteiger partial charge in [0.25, 0.3) is 0 Å². The first-order valence-electron chi connectivity index (χ1n) is 13.5. The van der Waals surface area contributed by atoms with Crippen LogP contribution in [0.3, 0.4) is 0 Å². The lowest BCUT2D eigenvalue weighted by atomic mass is 10.0. The van der Waals surface area contributed by atoms with E-state index >= 15 is 0 Å². The van der Waals surface area contributed by atoms with Gasteiger partial charge in [0.15, 0.2) is 0 Å². The summed E-state index contributed by atoms with van der Waals surface area (Å²) in [6, 6.07) is 0.398. The number of unbranched alkanes of at least 4 members (excludes halogenated alkanes) is 22. The molecule has 0 bridgehead atoms. The Bertz CT molecular complexity index is 261. The van der Waals surface area contributed by atoms with Crippen LogP contribution in [0.5, 0.6) is 0 Å². The van der Waals surface area contributed by atoms with Crippen molar-refractivity contribution in [2.45, 2.75) is 174 Å². The molecule has 1 atom stereocenters. The lowest BCUT2D eigenvalue weighted by Crippen LogP contribution is -2.13. The molecule has 0 spiro atoms. The lowest BCUT2D eigenvalue weighted by molar-refractivity contribution is 0.514. The summed E-state index contributed by atoms with van der Waals surface area (Å²) in [6.07, 6.45) is 34.7. The van der Waals surface area contributed by atoms with Gasteiger partial charge in [0.05, 0.1) is 0 Å². The molecule has 0 rings (SSSR count). The highest BCUT2D eigenvalue weighted by Crippen LogP contribution is 2.15. The van der Waals surface area contributed by atoms with E-state index in [1.165, 1.54) is 154 Å². The summed E-state index contributed by atoms with van der Waals surface area (Å²) in [6.45, 7) is 4.42. The van der Waals surface area contributed by atoms with Crippen LogP contribution in [-0.2, 0) is 0 Å². The van der Waals surface area contributed by atoms with E-state index in [0.717, 1.165) is 0 Å². The van der Waals surface area contributed by atoms with Crippen molar-refractivity contribution in [1.82, 2.24) is 0 Å². The molecule has 0 aliphatic heterocycles. The van der Waals surface area contributed by atoms with Gasteiger partial charge < -0.3 is 5.73 Å². The van der Waals surface area contributed by atoms with E-state index in [-0.39, 0.29) is 0 Å². The fraction of sp³-hybridized carbons (Fsp3) is 1.00. The van der Waals surface area contributed by atoms with E-state index in [1.54, 1.807) is 0 Å². The zero-order valence-electron chi connectivity index (χ0n) is 20.1. The van der Waals surface area contributed by atoms with Gasteiger partial charge in [-0.2, -0.15) is 0 Å². The Labute approximate surface area is 180 Å². The number of hydrogen-bond donors (Lipinski definition) is 1. The molecule has 0 saturated carbocycles. The third kappa shape index (κ3) is 26.0. The van der Waals surface area contributed by atoms with Crippen molar-refractivity contribution in [2.24, 2.45) is 5.73 Å². The van der Waals surface area contributed by atoms with E-state index < -0.39 is 0 Å². The maximum Gasteiger partial charge on any atom is 0.00104 e. The summed E-state index contributed by atoms with van der Waals surface area (Å²) in [5.41, 5.74) is 5.78. The summed E-state index contributed by atoms with van der Waals surface area (Å²) in [7, 11) is 0. The minimum atomic E-state index is 0.398. The van der Waals surface area contributed by atoms with Crippen LogP contribution >= 0.6 is 0 Å². The van der Waals surface area contributed by atoms with Crippen LogP contribution in [0.4, 0.5) is 0 Å². The topological polar surface area (TPSA) is 26.0 Å². The van der Waals surface area contributed by atoms with E-state index in [2.05, 4.69) is 13.8 Å². The lowest BCUT2D eigenvalue weighted by Gasteiger charge is -2.05. The molecular weight excluding hydrogens is 338 g/mol. The highest BCUT2D eigenvalue weighted by atomic mass is 14.6. The van der Waals surface area contributed by atoms with Crippen LogP contribution in [0.25, 0.3) is 0 Å². The smallest absolute Gasteiger partial charge is 0.00104 e. The summed E-state index contributed by atoms with van der Waals surface area (Å²) in [4.78, 5) is 0. The second-order valence-corrected chi connectivity index (χ2v) is 9.54. The van der Waals surface area contributed by atoms with E-state index in [0.29, 0.717) is 6.04 Å². The zero-order valence-corrected chi connectivity index (χ0v) is 20.1. The number of rotatable bonds is 24. The Morgan fingerprint density at radius 1 is 0.393 bits per heavy atom. The molecule has 0 heterocycles. The van der Waals surface area contributed by atoms with Gasteiger partial charge in [-0.1, -0.05) is 155 Å². The summed E-state index contributed by atoms with van der Waals surface area (Å²) >= 11 is 0. The molecule has 1 nitrogen and oxygen atoms in total. The normalized spacial score (nSPS) is 12.5. The van der Waals surface area contributed by atoms with Gasteiger partial charge in [0.1, 0.15) is 0 Å². The first-order chi connectivity index (χ1) is 13.8. The van der Waals surface area contributed by atoms with Crippen molar-refractivity contribution < 1.29 is 0 Å². The van der Waals surface area contributed by atoms with Crippen molar-refractivity contribution in [3.8, 4) is 0 Å². The molecule has 0 saturated heterocycles. The molecular formula is C27H57N. The highest BCUT2D eigenvalue weighted by Gasteiger charge is 1.97. The third-order valence-electron chi connectivity index (χ3n) is 6.26. The SMILES string of the molecule is CCCCCCCCCCCCCCCCCCCCCCCCCC(C)N. The highest BCUT2D eigenvalue weighted by molar-refractivity contribution is 4.54. The first kappa shape index (κ1) is 28.0. The predicted molar refractivity (Wildman–Crippen MR) is 130 cm³/mol. The van der Waals surface area contributed by atoms with E-state index in [1.807, 2.05) is 0 Å². The molecule has 0 radical (unpaired) electrons. The Hall–Kier alpha value is -0.0400. The monoisotopic (exact) mass is 395 g/mol. The maximum absolute atomic E-state index is 5.78. The van der Waals surface area contributed by atoms with Gasteiger partial charge in [-0.3, -0.25) is 0 Å². The Balaban J connectivity index is 2.98. The van der Waals surface area contributed by atoms with E-state index in [9.17, 15) is 0 Å². The second kappa shape index (κ2) is 25.0. The maximum atomic E-state index is 5.78. The third-order valence-corrected chi connectivity index (χ3v) is 6.26. The second-order valence-electron chi connectivity index (χ2n) is 9.54. The van der Waals surface area contributed by atoms with Crippen molar-refractivity contribution in [2.75, 3.05) is 0 Å². The molecule has 170 valence electrons. The molecule has 0 aromatic heterocycles. The Kier molecular flexibility index (Phi) is 25.0. The fourth-order valence-electron chi connectivity index (χ4n) is 4.25. The van der Waals surface area contributed by atoms with Crippen LogP contribution < -0.4 is 5.73 Å². The van der Waals surface area contributed by atoms with Crippen LogP contribution in [0, 0.1) is 0 Å². The molecule has 0 aromatic rings. The molecule has 0 fully saturated rings. The molecule has 2 N–H and O–H groups in total. The van der Waals surface area contributed by atoms with Gasteiger partial charge in [0, 0.05) is 6.04 Å². The number of hydrogen-bond acceptors (Lipinski definition) is 1. The number of nitrogens with two attached hydrogens (primary N) is 1. The van der Waals surface area contributed by atoms with Gasteiger partial charge in [0.2, 0.25) is 0 Å².